The smallest absolute Gasteiger partial charge is 0.203 e. The number of alkyl halides is 7. The molecule has 1 unspecified atom stereocenters. The van der Waals surface area contributed by atoms with Crippen molar-refractivity contribution in [1.82, 2.24) is 0 Å². The zero-order valence-corrected chi connectivity index (χ0v) is 14.0. The molecule has 0 fully saturated rings. The van der Waals surface area contributed by atoms with Crippen LogP contribution in [0.5, 0.6) is 0 Å². The molecule has 0 amide bonds. The molecule has 0 saturated carbocycles. The van der Waals surface area contributed by atoms with Crippen LogP contribution in [-0.4, -0.2) is 12.1 Å². The highest BCUT2D eigenvalue weighted by Crippen LogP contribution is 2.72. The van der Waals surface area contributed by atoms with Crippen LogP contribution in [0, 0.1) is 52.4 Å². The average Bonchev–Trinajstić information content (AvgIpc) is 2.67. The number of rotatable bonds is 2. The molecule has 16 heteroatoms. The number of halogens is 16. The second-order valence-corrected chi connectivity index (χ2v) is 6.35. The van der Waals surface area contributed by atoms with Gasteiger partial charge in [-0.3, -0.25) is 0 Å². The van der Waals surface area contributed by atoms with Crippen LogP contribution in [0.2, 0.25) is 0 Å². The van der Waals surface area contributed by atoms with Crippen molar-refractivity contribution in [2.75, 3.05) is 0 Å². The Morgan fingerprint density at radius 3 is 1.03 bits per heavy atom. The highest BCUT2D eigenvalue weighted by molar-refractivity contribution is 5.63. The minimum atomic E-state index is -7.36. The molecule has 2 aromatic rings. The lowest BCUT2D eigenvalue weighted by atomic mass is 9.53. The summed E-state index contributed by atoms with van der Waals surface area (Å²) in [6.45, 7) is 0. The van der Waals surface area contributed by atoms with Crippen molar-refractivity contribution < 1.29 is 70.2 Å². The quantitative estimate of drug-likeness (QED) is 0.252. The van der Waals surface area contributed by atoms with Gasteiger partial charge in [0, 0.05) is 5.56 Å². The van der Waals surface area contributed by atoms with Gasteiger partial charge in [-0.05, 0) is 0 Å². The third-order valence-electron chi connectivity index (χ3n) is 4.84. The first kappa shape index (κ1) is 24.0. The molecule has 0 spiro atoms. The van der Waals surface area contributed by atoms with Crippen LogP contribution in [0.1, 0.15) is 16.7 Å². The molecule has 0 bridgehead atoms. The van der Waals surface area contributed by atoms with E-state index in [9.17, 15) is 70.2 Å². The van der Waals surface area contributed by atoms with E-state index in [0.717, 1.165) is 0 Å². The lowest BCUT2D eigenvalue weighted by Gasteiger charge is -2.54. The summed E-state index contributed by atoms with van der Waals surface area (Å²) in [6.07, 6.45) is -7.36. The maximum atomic E-state index is 14.7. The van der Waals surface area contributed by atoms with Crippen LogP contribution < -0.4 is 0 Å². The Hall–Kier alpha value is -2.68. The SMILES string of the molecule is Fc1c(F)c(F)c(C2(C(F)(F)C(F)(F)F)c3c(F)c(F)c(F)c(F)c3C2(F)F)c(F)c1F. The maximum absolute atomic E-state index is 14.7. The van der Waals surface area contributed by atoms with Gasteiger partial charge in [0.2, 0.25) is 5.82 Å². The molecule has 32 heavy (non-hydrogen) atoms. The standard InChI is InChI=1S/C16F16/c17-4-1-2(5(18)9(22)8(4)21)14(26,27)13(1,15(28,29)16(30,31)32)3-6(19)10(23)12(25)11(24)7(3)20. The Bertz CT molecular complexity index is 1130. The van der Waals surface area contributed by atoms with E-state index in [2.05, 4.69) is 0 Å². The topological polar surface area (TPSA) is 0 Å². The third kappa shape index (κ3) is 2.32. The summed E-state index contributed by atoms with van der Waals surface area (Å²) in [5.74, 6) is -44.0. The fraction of sp³-hybridized carbons (Fsp3) is 0.250. The van der Waals surface area contributed by atoms with Crippen molar-refractivity contribution in [3.8, 4) is 0 Å². The van der Waals surface area contributed by atoms with Crippen molar-refractivity contribution in [3.63, 3.8) is 0 Å². The molecule has 1 aliphatic carbocycles. The third-order valence-corrected chi connectivity index (χ3v) is 4.84. The Balaban J connectivity index is 2.73. The van der Waals surface area contributed by atoms with Crippen LogP contribution in [0.15, 0.2) is 0 Å². The first-order valence-electron chi connectivity index (χ1n) is 7.52. The van der Waals surface area contributed by atoms with Gasteiger partial charge in [0.1, 0.15) is 0 Å². The highest BCUT2D eigenvalue weighted by atomic mass is 19.4. The number of fused-ring (bicyclic) bond motifs is 1. The van der Waals surface area contributed by atoms with Crippen molar-refractivity contribution >= 4 is 0 Å². The van der Waals surface area contributed by atoms with E-state index < -0.39 is 92.5 Å². The van der Waals surface area contributed by atoms with Crippen molar-refractivity contribution in [2.24, 2.45) is 0 Å². The van der Waals surface area contributed by atoms with E-state index in [-0.39, 0.29) is 0 Å². The second kappa shape index (κ2) is 6.43. The normalized spacial score (nSPS) is 20.2. The van der Waals surface area contributed by atoms with Crippen LogP contribution in [0.25, 0.3) is 0 Å². The molecule has 1 aliphatic rings. The van der Waals surface area contributed by atoms with E-state index in [1.807, 2.05) is 0 Å². The van der Waals surface area contributed by atoms with Gasteiger partial charge in [0.25, 0.3) is 5.92 Å². The van der Waals surface area contributed by atoms with Gasteiger partial charge in [0.15, 0.2) is 52.0 Å². The van der Waals surface area contributed by atoms with Crippen molar-refractivity contribution in [1.29, 1.82) is 0 Å². The lowest BCUT2D eigenvalue weighted by Crippen LogP contribution is -2.70. The average molecular weight is 496 g/mol. The molecule has 0 aromatic heterocycles. The largest absolute Gasteiger partial charge is 0.454 e. The zero-order valence-electron chi connectivity index (χ0n) is 14.0. The summed E-state index contributed by atoms with van der Waals surface area (Å²) in [5.41, 5.74) is -16.1. The molecular weight excluding hydrogens is 496 g/mol. The Kier molecular flexibility index (Phi) is 4.82. The van der Waals surface area contributed by atoms with Crippen LogP contribution in [0.3, 0.4) is 0 Å². The van der Waals surface area contributed by atoms with E-state index >= 15 is 0 Å². The van der Waals surface area contributed by atoms with Crippen molar-refractivity contribution in [2.45, 2.75) is 23.4 Å². The summed E-state index contributed by atoms with van der Waals surface area (Å²) < 4.78 is 221. The molecule has 176 valence electrons. The molecule has 0 saturated heterocycles. The van der Waals surface area contributed by atoms with E-state index in [1.165, 1.54) is 0 Å². The monoisotopic (exact) mass is 496 g/mol. The number of benzene rings is 2. The molecule has 2 aromatic carbocycles. The highest BCUT2D eigenvalue weighted by Gasteiger charge is 2.88. The van der Waals surface area contributed by atoms with Crippen molar-refractivity contribution in [3.05, 3.63) is 69.0 Å². The molecule has 0 nitrogen and oxygen atoms in total. The molecule has 0 aliphatic heterocycles. The van der Waals surface area contributed by atoms with E-state index in [0.29, 0.717) is 0 Å². The van der Waals surface area contributed by atoms with Crippen LogP contribution >= 0.6 is 0 Å². The molecular formula is C16F16. The zero-order chi connectivity index (χ0) is 24.9. The first-order chi connectivity index (χ1) is 14.3. The van der Waals surface area contributed by atoms with Gasteiger partial charge in [-0.15, -0.1) is 0 Å². The van der Waals surface area contributed by atoms with E-state index in [1.54, 1.807) is 0 Å². The van der Waals surface area contributed by atoms with Gasteiger partial charge in [-0.2, -0.15) is 30.7 Å². The first-order valence-corrected chi connectivity index (χ1v) is 7.52. The molecule has 0 radical (unpaired) electrons. The van der Waals surface area contributed by atoms with Gasteiger partial charge in [-0.25, -0.2) is 39.5 Å². The Morgan fingerprint density at radius 2 is 0.688 bits per heavy atom. The van der Waals surface area contributed by atoms with Gasteiger partial charge in [-0.1, -0.05) is 0 Å². The second-order valence-electron chi connectivity index (χ2n) is 6.35. The van der Waals surface area contributed by atoms with Gasteiger partial charge < -0.3 is 0 Å². The van der Waals surface area contributed by atoms with Crippen LogP contribution in [-0.2, 0) is 11.3 Å². The molecule has 1 atom stereocenters. The minimum Gasteiger partial charge on any atom is -0.203 e. The van der Waals surface area contributed by atoms with Gasteiger partial charge in [0.05, 0.1) is 11.1 Å². The molecule has 0 heterocycles. The molecule has 3 rings (SSSR count). The maximum Gasteiger partial charge on any atom is 0.454 e. The Morgan fingerprint density at radius 1 is 0.406 bits per heavy atom. The van der Waals surface area contributed by atoms with Gasteiger partial charge >= 0.3 is 12.1 Å². The Labute approximate surface area is 164 Å². The summed E-state index contributed by atoms with van der Waals surface area (Å²) in [7, 11) is 0. The lowest BCUT2D eigenvalue weighted by molar-refractivity contribution is -0.343. The summed E-state index contributed by atoms with van der Waals surface area (Å²) in [4.78, 5) is 0. The van der Waals surface area contributed by atoms with Crippen LogP contribution in [0.4, 0.5) is 70.2 Å². The fourth-order valence-electron chi connectivity index (χ4n) is 3.50. The van der Waals surface area contributed by atoms with E-state index in [4.69, 9.17) is 0 Å². The fourth-order valence-corrected chi connectivity index (χ4v) is 3.50. The summed E-state index contributed by atoms with van der Waals surface area (Å²) in [6, 6.07) is 0. The summed E-state index contributed by atoms with van der Waals surface area (Å²) in [5, 5.41) is 0. The predicted octanol–water partition coefficient (Wildman–Crippen LogP) is 6.53. The number of hydrogen-bond acceptors (Lipinski definition) is 0. The summed E-state index contributed by atoms with van der Waals surface area (Å²) >= 11 is 0. The predicted molar refractivity (Wildman–Crippen MR) is 68.2 cm³/mol. The minimum absolute atomic E-state index is 3.04. The molecule has 0 N–H and O–H groups in total. The number of hydrogen-bond donors (Lipinski definition) is 0.